The Hall–Kier alpha value is -0.620. The van der Waals surface area contributed by atoms with Crippen LogP contribution in [0.15, 0.2) is 0 Å². The van der Waals surface area contributed by atoms with Crippen LogP contribution in [0.2, 0.25) is 0 Å². The highest BCUT2D eigenvalue weighted by atomic mass is 32.2. The standard InChI is InChI=1S/C9H17NO4S/c1-14-9(11)6-15(12,13)8-4-2-3-7(10)5-8/h7-8H,2-6,10H2,1H3. The van der Waals surface area contributed by atoms with E-state index in [-0.39, 0.29) is 6.04 Å². The van der Waals surface area contributed by atoms with E-state index in [1.807, 2.05) is 0 Å². The monoisotopic (exact) mass is 235 g/mol. The van der Waals surface area contributed by atoms with Gasteiger partial charge in [0.15, 0.2) is 9.84 Å². The van der Waals surface area contributed by atoms with Crippen LogP contribution in [0.1, 0.15) is 25.7 Å². The lowest BCUT2D eigenvalue weighted by molar-refractivity contribution is -0.137. The Morgan fingerprint density at radius 3 is 2.67 bits per heavy atom. The highest BCUT2D eigenvalue weighted by Gasteiger charge is 2.32. The van der Waals surface area contributed by atoms with Gasteiger partial charge in [-0.2, -0.15) is 0 Å². The van der Waals surface area contributed by atoms with Crippen LogP contribution in [0.5, 0.6) is 0 Å². The molecule has 6 heteroatoms. The van der Waals surface area contributed by atoms with Crippen LogP contribution >= 0.6 is 0 Å². The second-order valence-electron chi connectivity index (χ2n) is 3.93. The first-order valence-corrected chi connectivity index (χ1v) is 6.71. The zero-order chi connectivity index (χ0) is 11.5. The third-order valence-corrected chi connectivity index (χ3v) is 4.80. The number of hydrogen-bond donors (Lipinski definition) is 1. The largest absolute Gasteiger partial charge is 0.468 e. The highest BCUT2D eigenvalue weighted by Crippen LogP contribution is 2.23. The van der Waals surface area contributed by atoms with E-state index in [1.54, 1.807) is 0 Å². The fraction of sp³-hybridized carbons (Fsp3) is 0.889. The molecule has 1 saturated carbocycles. The normalized spacial score (nSPS) is 27.3. The van der Waals surface area contributed by atoms with Gasteiger partial charge in [0.05, 0.1) is 12.4 Å². The molecule has 0 bridgehead atoms. The van der Waals surface area contributed by atoms with Gasteiger partial charge in [0.25, 0.3) is 0 Å². The van der Waals surface area contributed by atoms with Gasteiger partial charge in [0.1, 0.15) is 5.75 Å². The molecule has 0 heterocycles. The number of ether oxygens (including phenoxy) is 1. The molecule has 88 valence electrons. The van der Waals surface area contributed by atoms with Gasteiger partial charge < -0.3 is 10.5 Å². The van der Waals surface area contributed by atoms with E-state index in [0.29, 0.717) is 12.8 Å². The van der Waals surface area contributed by atoms with Crippen molar-refractivity contribution in [1.82, 2.24) is 0 Å². The fourth-order valence-corrected chi connectivity index (χ4v) is 3.60. The smallest absolute Gasteiger partial charge is 0.320 e. The topological polar surface area (TPSA) is 86.5 Å². The molecule has 1 aliphatic carbocycles. The molecule has 15 heavy (non-hydrogen) atoms. The summed E-state index contributed by atoms with van der Waals surface area (Å²) in [6.45, 7) is 0. The predicted molar refractivity (Wildman–Crippen MR) is 56.0 cm³/mol. The van der Waals surface area contributed by atoms with Crippen molar-refractivity contribution in [3.05, 3.63) is 0 Å². The Morgan fingerprint density at radius 2 is 2.13 bits per heavy atom. The molecule has 1 aliphatic rings. The number of nitrogens with two attached hydrogens (primary N) is 1. The van der Waals surface area contributed by atoms with Crippen LogP contribution in [0.25, 0.3) is 0 Å². The summed E-state index contributed by atoms with van der Waals surface area (Å²) in [5.74, 6) is -1.23. The molecule has 2 N–H and O–H groups in total. The maximum Gasteiger partial charge on any atom is 0.320 e. The van der Waals surface area contributed by atoms with Crippen LogP contribution in [-0.4, -0.2) is 38.5 Å². The average molecular weight is 235 g/mol. The second-order valence-corrected chi connectivity index (χ2v) is 6.21. The Balaban J connectivity index is 2.64. The van der Waals surface area contributed by atoms with Gasteiger partial charge in [-0.1, -0.05) is 6.42 Å². The SMILES string of the molecule is COC(=O)CS(=O)(=O)C1CCCC(N)C1. The van der Waals surface area contributed by atoms with Gasteiger partial charge in [0.2, 0.25) is 0 Å². The van der Waals surface area contributed by atoms with Gasteiger partial charge in [0, 0.05) is 6.04 Å². The summed E-state index contributed by atoms with van der Waals surface area (Å²) in [5.41, 5.74) is 5.70. The lowest BCUT2D eigenvalue weighted by Crippen LogP contribution is -2.37. The van der Waals surface area contributed by atoms with E-state index in [2.05, 4.69) is 4.74 Å². The Morgan fingerprint density at radius 1 is 1.47 bits per heavy atom. The van der Waals surface area contributed by atoms with Crippen molar-refractivity contribution in [3.63, 3.8) is 0 Å². The third-order valence-electron chi connectivity index (χ3n) is 2.72. The Labute approximate surface area is 89.9 Å². The highest BCUT2D eigenvalue weighted by molar-refractivity contribution is 7.92. The van der Waals surface area contributed by atoms with Crippen LogP contribution < -0.4 is 5.73 Å². The number of esters is 1. The first-order valence-electron chi connectivity index (χ1n) is 4.99. The molecular weight excluding hydrogens is 218 g/mol. The molecule has 0 amide bonds. The number of rotatable bonds is 3. The molecule has 0 saturated heterocycles. The van der Waals surface area contributed by atoms with E-state index in [9.17, 15) is 13.2 Å². The van der Waals surface area contributed by atoms with Gasteiger partial charge >= 0.3 is 5.97 Å². The lowest BCUT2D eigenvalue weighted by Gasteiger charge is -2.25. The molecule has 0 spiro atoms. The van der Waals surface area contributed by atoms with Crippen LogP contribution in [0.4, 0.5) is 0 Å². The summed E-state index contributed by atoms with van der Waals surface area (Å²) < 4.78 is 27.8. The number of sulfone groups is 1. The summed E-state index contributed by atoms with van der Waals surface area (Å²) in [7, 11) is -2.20. The summed E-state index contributed by atoms with van der Waals surface area (Å²) in [4.78, 5) is 10.9. The van der Waals surface area contributed by atoms with Crippen molar-refractivity contribution < 1.29 is 17.9 Å². The van der Waals surface area contributed by atoms with Crippen LogP contribution in [-0.2, 0) is 19.4 Å². The minimum Gasteiger partial charge on any atom is -0.468 e. The fourth-order valence-electron chi connectivity index (χ4n) is 1.85. The second kappa shape index (κ2) is 4.94. The van der Waals surface area contributed by atoms with Crippen molar-refractivity contribution in [2.45, 2.75) is 37.0 Å². The Bertz CT molecular complexity index is 325. The quantitative estimate of drug-likeness (QED) is 0.687. The molecule has 2 unspecified atom stereocenters. The Kier molecular flexibility index (Phi) is 4.10. The molecule has 1 fully saturated rings. The molecule has 0 aromatic heterocycles. The summed E-state index contributed by atoms with van der Waals surface area (Å²) in [6.07, 6.45) is 2.74. The maximum atomic E-state index is 11.7. The van der Waals surface area contributed by atoms with Crippen molar-refractivity contribution in [1.29, 1.82) is 0 Å². The van der Waals surface area contributed by atoms with E-state index in [4.69, 9.17) is 5.73 Å². The summed E-state index contributed by atoms with van der Waals surface area (Å²) in [5, 5.41) is -0.472. The molecule has 0 aliphatic heterocycles. The first kappa shape index (κ1) is 12.4. The van der Waals surface area contributed by atoms with Crippen molar-refractivity contribution in [2.75, 3.05) is 12.9 Å². The number of carbonyl (C=O) groups is 1. The average Bonchev–Trinajstić information content (AvgIpc) is 2.17. The van der Waals surface area contributed by atoms with E-state index in [0.717, 1.165) is 12.8 Å². The van der Waals surface area contributed by atoms with Gasteiger partial charge in [-0.3, -0.25) is 4.79 Å². The number of methoxy groups -OCH3 is 1. The zero-order valence-corrected chi connectivity index (χ0v) is 9.63. The molecular formula is C9H17NO4S. The van der Waals surface area contributed by atoms with Crippen molar-refractivity contribution in [3.8, 4) is 0 Å². The minimum atomic E-state index is -3.38. The van der Waals surface area contributed by atoms with Crippen LogP contribution in [0, 0.1) is 0 Å². The number of hydrogen-bond acceptors (Lipinski definition) is 5. The van der Waals surface area contributed by atoms with Gasteiger partial charge in [-0.25, -0.2) is 8.42 Å². The summed E-state index contributed by atoms with van der Waals surface area (Å²) >= 11 is 0. The molecule has 1 rings (SSSR count). The molecule has 2 atom stereocenters. The molecule has 5 nitrogen and oxygen atoms in total. The van der Waals surface area contributed by atoms with E-state index >= 15 is 0 Å². The third kappa shape index (κ3) is 3.46. The zero-order valence-electron chi connectivity index (χ0n) is 8.81. The predicted octanol–water partition coefficient (Wildman–Crippen LogP) is -0.156. The van der Waals surface area contributed by atoms with E-state index < -0.39 is 26.8 Å². The first-order chi connectivity index (χ1) is 6.95. The minimum absolute atomic E-state index is 0.0591. The van der Waals surface area contributed by atoms with Crippen LogP contribution in [0.3, 0.4) is 0 Å². The number of carbonyl (C=O) groups excluding carboxylic acids is 1. The van der Waals surface area contributed by atoms with Gasteiger partial charge in [-0.15, -0.1) is 0 Å². The molecule has 0 aromatic carbocycles. The van der Waals surface area contributed by atoms with Crippen molar-refractivity contribution in [2.24, 2.45) is 5.73 Å². The lowest BCUT2D eigenvalue weighted by atomic mass is 9.96. The van der Waals surface area contributed by atoms with E-state index in [1.165, 1.54) is 7.11 Å². The summed E-state index contributed by atoms with van der Waals surface area (Å²) in [6, 6.07) is -0.0591. The molecule has 0 radical (unpaired) electrons. The van der Waals surface area contributed by atoms with Crippen molar-refractivity contribution >= 4 is 15.8 Å². The maximum absolute atomic E-state index is 11.7. The molecule has 0 aromatic rings. The van der Waals surface area contributed by atoms with Gasteiger partial charge in [-0.05, 0) is 19.3 Å².